The highest BCUT2D eigenvalue weighted by atomic mass is 16.5. The monoisotopic (exact) mass is 266 g/mol. The molecule has 0 atom stereocenters. The van der Waals surface area contributed by atoms with E-state index in [1.807, 2.05) is 12.4 Å². The molecule has 0 saturated carbocycles. The number of aryl methyl sites for hydroxylation is 1. The Balaban J connectivity index is 1.64. The van der Waals surface area contributed by atoms with Crippen molar-refractivity contribution >= 4 is 0 Å². The van der Waals surface area contributed by atoms with Gasteiger partial charge in [0.1, 0.15) is 5.82 Å². The highest BCUT2D eigenvalue weighted by molar-refractivity contribution is 4.91. The molecule has 5 heteroatoms. The summed E-state index contributed by atoms with van der Waals surface area (Å²) < 4.78 is 7.15. The van der Waals surface area contributed by atoms with Crippen LogP contribution in [0.5, 0.6) is 0 Å². The third-order valence-electron chi connectivity index (χ3n) is 3.91. The molecule has 5 nitrogen and oxygen atoms in total. The Hall–Kier alpha value is -0.910. The van der Waals surface area contributed by atoms with Crippen molar-refractivity contribution in [2.45, 2.75) is 19.4 Å². The molecule has 1 saturated heterocycles. The molecule has 1 fully saturated rings. The number of imidazole rings is 1. The van der Waals surface area contributed by atoms with Crippen LogP contribution < -0.4 is 5.32 Å². The van der Waals surface area contributed by atoms with Gasteiger partial charge in [0.2, 0.25) is 0 Å². The minimum absolute atomic E-state index is 0.804. The lowest BCUT2D eigenvalue weighted by Gasteiger charge is -2.31. The number of hydrogen-bond acceptors (Lipinski definition) is 4. The Kier molecular flexibility index (Phi) is 5.82. The third-order valence-corrected chi connectivity index (χ3v) is 3.91. The molecule has 1 aromatic rings. The zero-order valence-electron chi connectivity index (χ0n) is 12.1. The molecule has 2 rings (SSSR count). The summed E-state index contributed by atoms with van der Waals surface area (Å²) in [7, 11) is 3.81. The van der Waals surface area contributed by atoms with Crippen LogP contribution in [-0.4, -0.2) is 54.3 Å². The van der Waals surface area contributed by atoms with Gasteiger partial charge in [0.15, 0.2) is 0 Å². The molecule has 0 aliphatic carbocycles. The second-order valence-corrected chi connectivity index (χ2v) is 5.37. The first kappa shape index (κ1) is 14.5. The number of hydrogen-bond donors (Lipinski definition) is 1. The van der Waals surface area contributed by atoms with Gasteiger partial charge in [-0.3, -0.25) is 4.90 Å². The topological polar surface area (TPSA) is 42.3 Å². The van der Waals surface area contributed by atoms with Gasteiger partial charge in [-0.15, -0.1) is 0 Å². The van der Waals surface area contributed by atoms with Crippen molar-refractivity contribution in [1.29, 1.82) is 0 Å². The van der Waals surface area contributed by atoms with Crippen LogP contribution in [0.25, 0.3) is 0 Å². The van der Waals surface area contributed by atoms with Gasteiger partial charge in [-0.2, -0.15) is 0 Å². The van der Waals surface area contributed by atoms with Crippen molar-refractivity contribution in [3.63, 3.8) is 0 Å². The molecule has 1 aromatic heterocycles. The molecular weight excluding hydrogens is 240 g/mol. The maximum absolute atomic E-state index is 5.04. The summed E-state index contributed by atoms with van der Waals surface area (Å²) >= 11 is 0. The molecule has 0 radical (unpaired) electrons. The van der Waals surface area contributed by atoms with Crippen LogP contribution in [0.4, 0.5) is 0 Å². The molecule has 0 amide bonds. The van der Waals surface area contributed by atoms with Crippen LogP contribution in [0.3, 0.4) is 0 Å². The van der Waals surface area contributed by atoms with E-state index >= 15 is 0 Å². The number of ether oxygens (including phenoxy) is 1. The molecule has 1 N–H and O–H groups in total. The number of rotatable bonds is 7. The number of methoxy groups -OCH3 is 1. The minimum atomic E-state index is 0.804. The van der Waals surface area contributed by atoms with Crippen LogP contribution in [0, 0.1) is 5.92 Å². The lowest BCUT2D eigenvalue weighted by molar-refractivity contribution is 0.164. The summed E-state index contributed by atoms with van der Waals surface area (Å²) in [5, 5.41) is 3.47. The zero-order valence-corrected chi connectivity index (χ0v) is 12.1. The van der Waals surface area contributed by atoms with Gasteiger partial charge in [0.05, 0.1) is 13.2 Å². The molecule has 19 heavy (non-hydrogen) atoms. The minimum Gasteiger partial charge on any atom is -0.383 e. The fourth-order valence-electron chi connectivity index (χ4n) is 2.58. The smallest absolute Gasteiger partial charge is 0.122 e. The highest BCUT2D eigenvalue weighted by Gasteiger charge is 2.19. The predicted octanol–water partition coefficient (Wildman–Crippen LogP) is 0.868. The first-order chi connectivity index (χ1) is 9.29. The van der Waals surface area contributed by atoms with Crippen molar-refractivity contribution in [2.24, 2.45) is 13.0 Å². The van der Waals surface area contributed by atoms with Crippen molar-refractivity contribution in [1.82, 2.24) is 19.8 Å². The summed E-state index contributed by atoms with van der Waals surface area (Å²) in [6.45, 7) is 6.24. The zero-order chi connectivity index (χ0) is 13.5. The van der Waals surface area contributed by atoms with Crippen LogP contribution in [0.15, 0.2) is 12.4 Å². The lowest BCUT2D eigenvalue weighted by atomic mass is 9.97. The predicted molar refractivity (Wildman–Crippen MR) is 76.0 cm³/mol. The summed E-state index contributed by atoms with van der Waals surface area (Å²) in [4.78, 5) is 6.90. The Bertz CT molecular complexity index is 358. The van der Waals surface area contributed by atoms with Crippen LogP contribution in [0.2, 0.25) is 0 Å². The number of aromatic nitrogens is 2. The van der Waals surface area contributed by atoms with Crippen LogP contribution in [-0.2, 0) is 18.3 Å². The largest absolute Gasteiger partial charge is 0.383 e. The average Bonchev–Trinajstić information content (AvgIpc) is 2.82. The number of piperidine rings is 1. The molecule has 2 heterocycles. The van der Waals surface area contributed by atoms with Gasteiger partial charge in [-0.25, -0.2) is 4.98 Å². The highest BCUT2D eigenvalue weighted by Crippen LogP contribution is 2.17. The van der Waals surface area contributed by atoms with Gasteiger partial charge in [0, 0.05) is 33.1 Å². The number of nitrogens with one attached hydrogen (secondary N) is 1. The Labute approximate surface area is 116 Å². The van der Waals surface area contributed by atoms with Gasteiger partial charge < -0.3 is 14.6 Å². The van der Waals surface area contributed by atoms with E-state index < -0.39 is 0 Å². The van der Waals surface area contributed by atoms with Crippen LogP contribution >= 0.6 is 0 Å². The standard InChI is InChI=1S/C14H26N4O/c1-17-9-5-16-14(17)12-18-7-3-13(4-8-18)11-15-6-10-19-2/h5,9,13,15H,3-4,6-8,10-12H2,1-2H3. The summed E-state index contributed by atoms with van der Waals surface area (Å²) in [5.74, 6) is 1.98. The maximum atomic E-state index is 5.04. The summed E-state index contributed by atoms with van der Waals surface area (Å²) in [6, 6.07) is 0. The van der Waals surface area contributed by atoms with Crippen molar-refractivity contribution in [2.75, 3.05) is 39.9 Å². The van der Waals surface area contributed by atoms with Crippen LogP contribution in [0.1, 0.15) is 18.7 Å². The summed E-state index contributed by atoms with van der Waals surface area (Å²) in [6.07, 6.45) is 6.46. The first-order valence-electron chi connectivity index (χ1n) is 7.18. The van der Waals surface area contributed by atoms with E-state index in [1.165, 1.54) is 25.9 Å². The molecule has 0 spiro atoms. The molecule has 0 unspecified atom stereocenters. The Morgan fingerprint density at radius 2 is 2.21 bits per heavy atom. The van der Waals surface area contributed by atoms with Crippen molar-refractivity contribution in [3.8, 4) is 0 Å². The number of likely N-dealkylation sites (tertiary alicyclic amines) is 1. The van der Waals surface area contributed by atoms with E-state index in [2.05, 4.69) is 26.8 Å². The van der Waals surface area contributed by atoms with Gasteiger partial charge in [0.25, 0.3) is 0 Å². The van der Waals surface area contributed by atoms with E-state index in [0.717, 1.165) is 38.0 Å². The first-order valence-corrected chi connectivity index (χ1v) is 7.18. The van der Waals surface area contributed by atoms with E-state index in [0.29, 0.717) is 0 Å². The fraction of sp³-hybridized carbons (Fsp3) is 0.786. The molecule has 0 aromatic carbocycles. The second-order valence-electron chi connectivity index (χ2n) is 5.37. The van der Waals surface area contributed by atoms with E-state index in [-0.39, 0.29) is 0 Å². The maximum Gasteiger partial charge on any atom is 0.122 e. The van der Waals surface area contributed by atoms with Crippen molar-refractivity contribution in [3.05, 3.63) is 18.2 Å². The molecule has 0 bridgehead atoms. The molecule has 1 aliphatic rings. The van der Waals surface area contributed by atoms with E-state index in [1.54, 1.807) is 7.11 Å². The van der Waals surface area contributed by atoms with E-state index in [4.69, 9.17) is 4.74 Å². The normalized spacial score (nSPS) is 18.0. The lowest BCUT2D eigenvalue weighted by Crippen LogP contribution is -2.37. The fourth-order valence-corrected chi connectivity index (χ4v) is 2.58. The third kappa shape index (κ3) is 4.60. The van der Waals surface area contributed by atoms with E-state index in [9.17, 15) is 0 Å². The second kappa shape index (κ2) is 7.62. The van der Waals surface area contributed by atoms with Crippen molar-refractivity contribution < 1.29 is 4.74 Å². The quantitative estimate of drug-likeness (QED) is 0.744. The van der Waals surface area contributed by atoms with Gasteiger partial charge >= 0.3 is 0 Å². The SMILES string of the molecule is COCCNCC1CCN(Cc2nccn2C)CC1. The van der Waals surface area contributed by atoms with Gasteiger partial charge in [-0.05, 0) is 38.4 Å². The summed E-state index contributed by atoms with van der Waals surface area (Å²) in [5.41, 5.74) is 0. The Morgan fingerprint density at radius 1 is 1.42 bits per heavy atom. The average molecular weight is 266 g/mol. The number of nitrogens with zero attached hydrogens (tertiary/aromatic N) is 3. The van der Waals surface area contributed by atoms with Gasteiger partial charge in [-0.1, -0.05) is 0 Å². The Morgan fingerprint density at radius 3 is 2.84 bits per heavy atom. The molecule has 1 aliphatic heterocycles. The molecule has 108 valence electrons. The molecular formula is C14H26N4O.